The standard InChI is InChI=1S/C21H29FN2O2/c1-23-18-6-3-5-15(18)11-16-12-20(25-2)21(13-19(16)23)26-10-4-8-24-9-7-17(22)14-24/h11-13,17-18H,3-10,14H2,1-2H3. The molecule has 1 aromatic carbocycles. The first-order valence-electron chi connectivity index (χ1n) is 9.80. The molecule has 0 amide bonds. The van der Waals surface area contributed by atoms with Crippen molar-refractivity contribution in [3.63, 3.8) is 0 Å². The minimum Gasteiger partial charge on any atom is -0.493 e. The number of hydrogen-bond donors (Lipinski definition) is 0. The van der Waals surface area contributed by atoms with Gasteiger partial charge in [0.2, 0.25) is 0 Å². The number of likely N-dealkylation sites (N-methyl/N-ethyl adjacent to an activating group) is 1. The van der Waals surface area contributed by atoms with Gasteiger partial charge in [0.05, 0.1) is 19.8 Å². The molecule has 1 aliphatic carbocycles. The average Bonchev–Trinajstić information content (AvgIpc) is 3.27. The zero-order valence-electron chi connectivity index (χ0n) is 15.8. The molecule has 0 N–H and O–H groups in total. The van der Waals surface area contributed by atoms with Crippen LogP contribution in [-0.4, -0.2) is 57.5 Å². The van der Waals surface area contributed by atoms with Gasteiger partial charge in [-0.1, -0.05) is 6.08 Å². The molecule has 2 heterocycles. The van der Waals surface area contributed by atoms with Crippen LogP contribution in [0.4, 0.5) is 10.1 Å². The van der Waals surface area contributed by atoms with E-state index in [0.29, 0.717) is 25.6 Å². The monoisotopic (exact) mass is 360 g/mol. The molecule has 0 radical (unpaired) electrons. The van der Waals surface area contributed by atoms with Crippen molar-refractivity contribution in [2.75, 3.05) is 45.3 Å². The highest BCUT2D eigenvalue weighted by Gasteiger charge is 2.30. The molecule has 2 aliphatic heterocycles. The van der Waals surface area contributed by atoms with Crippen molar-refractivity contribution in [2.45, 2.75) is 44.3 Å². The minimum absolute atomic E-state index is 0.535. The Morgan fingerprint density at radius 2 is 2.12 bits per heavy atom. The number of halogens is 1. The van der Waals surface area contributed by atoms with Crippen LogP contribution in [0.5, 0.6) is 11.5 Å². The Balaban J connectivity index is 1.43. The summed E-state index contributed by atoms with van der Waals surface area (Å²) in [7, 11) is 3.87. The van der Waals surface area contributed by atoms with Crippen LogP contribution < -0.4 is 14.4 Å². The largest absolute Gasteiger partial charge is 0.493 e. The Labute approximate surface area is 155 Å². The molecular formula is C21H29FN2O2. The summed E-state index contributed by atoms with van der Waals surface area (Å²) in [4.78, 5) is 4.56. The van der Waals surface area contributed by atoms with Gasteiger partial charge >= 0.3 is 0 Å². The molecule has 2 unspecified atom stereocenters. The van der Waals surface area contributed by atoms with E-state index in [1.54, 1.807) is 7.11 Å². The number of fused-ring (bicyclic) bond motifs is 2. The predicted molar refractivity (Wildman–Crippen MR) is 103 cm³/mol. The van der Waals surface area contributed by atoms with Gasteiger partial charge in [-0.25, -0.2) is 4.39 Å². The number of nitrogens with zero attached hydrogens (tertiary/aromatic N) is 2. The fourth-order valence-corrected chi connectivity index (χ4v) is 4.55. The highest BCUT2D eigenvalue weighted by atomic mass is 19.1. The van der Waals surface area contributed by atoms with Crippen LogP contribution in [0.15, 0.2) is 17.7 Å². The number of likely N-dealkylation sites (tertiary alicyclic amines) is 1. The number of benzene rings is 1. The summed E-state index contributed by atoms with van der Waals surface area (Å²) in [5.74, 6) is 1.59. The molecule has 5 heteroatoms. The Kier molecular flexibility index (Phi) is 5.07. The van der Waals surface area contributed by atoms with Gasteiger partial charge in [0.1, 0.15) is 6.17 Å². The molecule has 4 rings (SSSR count). The molecule has 4 nitrogen and oxygen atoms in total. The molecule has 2 fully saturated rings. The second kappa shape index (κ2) is 7.47. The lowest BCUT2D eigenvalue weighted by Gasteiger charge is -2.34. The van der Waals surface area contributed by atoms with Crippen LogP contribution in [0, 0.1) is 0 Å². The molecule has 0 bridgehead atoms. The minimum atomic E-state index is -0.652. The lowest BCUT2D eigenvalue weighted by atomic mass is 9.97. The summed E-state index contributed by atoms with van der Waals surface area (Å²) >= 11 is 0. The van der Waals surface area contributed by atoms with E-state index in [0.717, 1.165) is 31.0 Å². The van der Waals surface area contributed by atoms with Gasteiger partial charge in [-0.15, -0.1) is 0 Å². The van der Waals surface area contributed by atoms with Gasteiger partial charge in [-0.2, -0.15) is 0 Å². The second-order valence-electron chi connectivity index (χ2n) is 7.69. The van der Waals surface area contributed by atoms with E-state index >= 15 is 0 Å². The van der Waals surface area contributed by atoms with Gasteiger partial charge in [-0.3, -0.25) is 0 Å². The van der Waals surface area contributed by atoms with Crippen molar-refractivity contribution in [3.05, 3.63) is 23.3 Å². The van der Waals surface area contributed by atoms with E-state index in [2.05, 4.69) is 35.1 Å². The summed E-state index contributed by atoms with van der Waals surface area (Å²) in [6, 6.07) is 4.75. The van der Waals surface area contributed by atoms with Gasteiger partial charge in [0.15, 0.2) is 11.5 Å². The van der Waals surface area contributed by atoms with Crippen molar-refractivity contribution in [3.8, 4) is 11.5 Å². The van der Waals surface area contributed by atoms with E-state index in [4.69, 9.17) is 9.47 Å². The fraction of sp³-hybridized carbons (Fsp3) is 0.619. The number of alkyl halides is 1. The van der Waals surface area contributed by atoms with Crippen LogP contribution in [0.2, 0.25) is 0 Å². The van der Waals surface area contributed by atoms with Crippen LogP contribution >= 0.6 is 0 Å². The Morgan fingerprint density at radius 3 is 2.88 bits per heavy atom. The van der Waals surface area contributed by atoms with Gasteiger partial charge in [0, 0.05) is 44.0 Å². The third-order valence-corrected chi connectivity index (χ3v) is 5.96. The van der Waals surface area contributed by atoms with Gasteiger partial charge in [-0.05, 0) is 43.7 Å². The van der Waals surface area contributed by atoms with E-state index in [-0.39, 0.29) is 0 Å². The third kappa shape index (κ3) is 3.41. The van der Waals surface area contributed by atoms with Crippen molar-refractivity contribution < 1.29 is 13.9 Å². The van der Waals surface area contributed by atoms with E-state index in [1.807, 2.05) is 0 Å². The SMILES string of the molecule is COc1cc2c(cc1OCCCN1CCC(F)C1)N(C)C1CCCC1=C2. The molecule has 26 heavy (non-hydrogen) atoms. The molecule has 0 spiro atoms. The van der Waals surface area contributed by atoms with E-state index in [9.17, 15) is 4.39 Å². The number of hydrogen-bond acceptors (Lipinski definition) is 4. The van der Waals surface area contributed by atoms with Crippen LogP contribution in [0.25, 0.3) is 6.08 Å². The lowest BCUT2D eigenvalue weighted by Crippen LogP contribution is -2.33. The number of anilines is 1. The lowest BCUT2D eigenvalue weighted by molar-refractivity contribution is 0.242. The summed E-state index contributed by atoms with van der Waals surface area (Å²) in [6.07, 6.45) is 6.95. The highest BCUT2D eigenvalue weighted by Crippen LogP contribution is 2.43. The van der Waals surface area contributed by atoms with Crippen molar-refractivity contribution in [1.82, 2.24) is 4.90 Å². The maximum atomic E-state index is 13.2. The highest BCUT2D eigenvalue weighted by molar-refractivity contribution is 5.78. The Hall–Kier alpha value is -1.75. The quantitative estimate of drug-likeness (QED) is 0.719. The first-order chi connectivity index (χ1) is 12.7. The molecule has 2 atom stereocenters. The first kappa shape index (κ1) is 17.7. The maximum absolute atomic E-state index is 13.2. The molecule has 0 aromatic heterocycles. The summed E-state index contributed by atoms with van der Waals surface area (Å²) in [5, 5.41) is 0. The number of ether oxygens (including phenoxy) is 2. The summed E-state index contributed by atoms with van der Waals surface area (Å²) < 4.78 is 24.9. The van der Waals surface area contributed by atoms with Crippen LogP contribution in [0.1, 0.15) is 37.7 Å². The summed E-state index contributed by atoms with van der Waals surface area (Å²) in [5.41, 5.74) is 3.97. The predicted octanol–water partition coefficient (Wildman–Crippen LogP) is 3.89. The molecule has 3 aliphatic rings. The topological polar surface area (TPSA) is 24.9 Å². The van der Waals surface area contributed by atoms with Crippen molar-refractivity contribution in [1.29, 1.82) is 0 Å². The average molecular weight is 360 g/mol. The molecule has 1 saturated carbocycles. The fourth-order valence-electron chi connectivity index (χ4n) is 4.55. The zero-order valence-corrected chi connectivity index (χ0v) is 15.8. The number of methoxy groups -OCH3 is 1. The molecule has 1 aromatic rings. The number of rotatable bonds is 6. The van der Waals surface area contributed by atoms with E-state index < -0.39 is 6.17 Å². The second-order valence-corrected chi connectivity index (χ2v) is 7.69. The zero-order chi connectivity index (χ0) is 18.1. The molecule has 142 valence electrons. The Bertz CT molecular complexity index is 691. The molecular weight excluding hydrogens is 331 g/mol. The van der Waals surface area contributed by atoms with Crippen molar-refractivity contribution in [2.24, 2.45) is 0 Å². The van der Waals surface area contributed by atoms with E-state index in [1.165, 1.54) is 36.1 Å². The van der Waals surface area contributed by atoms with Crippen molar-refractivity contribution >= 4 is 11.8 Å². The van der Waals surface area contributed by atoms with Gasteiger partial charge in [0.25, 0.3) is 0 Å². The van der Waals surface area contributed by atoms with Crippen LogP contribution in [-0.2, 0) is 0 Å². The normalized spacial score (nSPS) is 25.0. The first-order valence-corrected chi connectivity index (χ1v) is 9.80. The maximum Gasteiger partial charge on any atom is 0.163 e. The summed E-state index contributed by atoms with van der Waals surface area (Å²) in [6.45, 7) is 2.95. The third-order valence-electron chi connectivity index (χ3n) is 5.96. The smallest absolute Gasteiger partial charge is 0.163 e. The van der Waals surface area contributed by atoms with Crippen LogP contribution in [0.3, 0.4) is 0 Å². The van der Waals surface area contributed by atoms with Gasteiger partial charge < -0.3 is 19.3 Å². The molecule has 1 saturated heterocycles. The Morgan fingerprint density at radius 1 is 1.23 bits per heavy atom.